The van der Waals surface area contributed by atoms with Gasteiger partial charge in [-0.15, -0.1) is 0 Å². The fourth-order valence-corrected chi connectivity index (χ4v) is 4.44. The van der Waals surface area contributed by atoms with Crippen LogP contribution in [0.5, 0.6) is 0 Å². The van der Waals surface area contributed by atoms with Gasteiger partial charge < -0.3 is 14.2 Å². The highest BCUT2D eigenvalue weighted by atomic mass is 16.8. The zero-order valence-corrected chi connectivity index (χ0v) is 12.2. The van der Waals surface area contributed by atoms with Gasteiger partial charge in [0, 0.05) is 0 Å². The number of allylic oxidation sites excluding steroid dienone is 1. The number of rotatable bonds is 0. The van der Waals surface area contributed by atoms with Crippen LogP contribution in [-0.4, -0.2) is 30.2 Å². The maximum absolute atomic E-state index is 6.23. The molecule has 0 spiro atoms. The van der Waals surface area contributed by atoms with E-state index < -0.39 is 5.79 Å². The van der Waals surface area contributed by atoms with E-state index in [9.17, 15) is 0 Å². The molecule has 2 heterocycles. The zero-order valence-electron chi connectivity index (χ0n) is 12.2. The molecule has 0 aromatic rings. The molecule has 0 amide bonds. The lowest BCUT2D eigenvalue weighted by Crippen LogP contribution is -2.36. The summed E-state index contributed by atoms with van der Waals surface area (Å²) in [6.45, 7) is 8.73. The first-order valence-electron chi connectivity index (χ1n) is 7.66. The van der Waals surface area contributed by atoms with Gasteiger partial charge in [0.15, 0.2) is 5.79 Å². The molecule has 0 aromatic carbocycles. The first-order valence-corrected chi connectivity index (χ1v) is 7.66. The van der Waals surface area contributed by atoms with Crippen molar-refractivity contribution in [1.82, 2.24) is 0 Å². The highest BCUT2D eigenvalue weighted by molar-refractivity contribution is 5.15. The molecular formula is C16H24O3. The molecule has 3 fully saturated rings. The minimum Gasteiger partial charge on any atom is -0.365 e. The van der Waals surface area contributed by atoms with Crippen molar-refractivity contribution in [3.63, 3.8) is 0 Å². The summed E-state index contributed by atoms with van der Waals surface area (Å²) in [6, 6.07) is 0. The summed E-state index contributed by atoms with van der Waals surface area (Å²) in [4.78, 5) is 0. The van der Waals surface area contributed by atoms with Crippen molar-refractivity contribution in [2.75, 3.05) is 0 Å². The normalized spacial score (nSPS) is 57.9. The van der Waals surface area contributed by atoms with Gasteiger partial charge in [0.05, 0.1) is 18.3 Å². The second-order valence-corrected chi connectivity index (χ2v) is 7.30. The van der Waals surface area contributed by atoms with Crippen molar-refractivity contribution in [2.45, 2.75) is 64.3 Å². The van der Waals surface area contributed by atoms with E-state index in [1.54, 1.807) is 0 Å². The highest BCUT2D eigenvalue weighted by Crippen LogP contribution is 2.51. The number of fused-ring (bicyclic) bond motifs is 5. The number of hydrogen-bond donors (Lipinski definition) is 0. The van der Waals surface area contributed by atoms with Crippen LogP contribution in [0.4, 0.5) is 0 Å². The topological polar surface area (TPSA) is 31.0 Å². The number of hydrogen-bond acceptors (Lipinski definition) is 3. The monoisotopic (exact) mass is 264 g/mol. The van der Waals surface area contributed by atoms with Gasteiger partial charge in [-0.2, -0.15) is 0 Å². The molecule has 2 saturated heterocycles. The molecule has 0 radical (unpaired) electrons. The maximum atomic E-state index is 6.23. The average Bonchev–Trinajstić information content (AvgIpc) is 3.05. The third-order valence-electron chi connectivity index (χ3n) is 5.63. The number of epoxide rings is 1. The van der Waals surface area contributed by atoms with Crippen LogP contribution in [-0.2, 0) is 14.2 Å². The molecule has 1 saturated carbocycles. The molecule has 2 bridgehead atoms. The summed E-state index contributed by atoms with van der Waals surface area (Å²) in [5, 5.41) is 0. The van der Waals surface area contributed by atoms with E-state index in [0.717, 1.165) is 0 Å². The smallest absolute Gasteiger partial charge is 0.163 e. The lowest BCUT2D eigenvalue weighted by atomic mass is 9.83. The van der Waals surface area contributed by atoms with E-state index >= 15 is 0 Å². The molecule has 8 atom stereocenters. The van der Waals surface area contributed by atoms with Crippen LogP contribution in [0.2, 0.25) is 0 Å². The van der Waals surface area contributed by atoms with Crippen LogP contribution >= 0.6 is 0 Å². The molecule has 19 heavy (non-hydrogen) atoms. The lowest BCUT2D eigenvalue weighted by molar-refractivity contribution is -0.158. The molecule has 2 aliphatic heterocycles. The Balaban J connectivity index is 1.71. The van der Waals surface area contributed by atoms with Gasteiger partial charge in [-0.25, -0.2) is 0 Å². The van der Waals surface area contributed by atoms with Crippen LogP contribution in [0.15, 0.2) is 12.2 Å². The van der Waals surface area contributed by atoms with Crippen LogP contribution in [0.25, 0.3) is 0 Å². The largest absolute Gasteiger partial charge is 0.365 e. The number of ether oxygens (including phenoxy) is 3. The summed E-state index contributed by atoms with van der Waals surface area (Å²) >= 11 is 0. The Kier molecular flexibility index (Phi) is 2.50. The van der Waals surface area contributed by atoms with Gasteiger partial charge in [-0.3, -0.25) is 0 Å². The summed E-state index contributed by atoms with van der Waals surface area (Å²) in [7, 11) is 0. The second kappa shape index (κ2) is 3.84. The lowest BCUT2D eigenvalue weighted by Gasteiger charge is -2.27. The van der Waals surface area contributed by atoms with E-state index in [2.05, 4.69) is 26.0 Å². The van der Waals surface area contributed by atoms with Gasteiger partial charge in [0.2, 0.25) is 0 Å². The van der Waals surface area contributed by atoms with Crippen LogP contribution < -0.4 is 0 Å². The Bertz CT molecular complexity index is 416. The Morgan fingerprint density at radius 3 is 2.37 bits per heavy atom. The van der Waals surface area contributed by atoms with Crippen molar-refractivity contribution < 1.29 is 14.2 Å². The molecule has 0 aromatic heterocycles. The van der Waals surface area contributed by atoms with Crippen molar-refractivity contribution in [1.29, 1.82) is 0 Å². The maximum Gasteiger partial charge on any atom is 0.163 e. The van der Waals surface area contributed by atoms with Crippen molar-refractivity contribution in [2.24, 2.45) is 23.7 Å². The Labute approximate surface area is 115 Å². The zero-order chi connectivity index (χ0) is 13.4. The minimum atomic E-state index is -0.439. The summed E-state index contributed by atoms with van der Waals surface area (Å²) in [6.07, 6.45) is 7.11. The van der Waals surface area contributed by atoms with Gasteiger partial charge >= 0.3 is 0 Å². The average molecular weight is 264 g/mol. The predicted molar refractivity (Wildman–Crippen MR) is 71.6 cm³/mol. The molecule has 0 N–H and O–H groups in total. The molecule has 4 aliphatic rings. The van der Waals surface area contributed by atoms with E-state index in [0.29, 0.717) is 35.9 Å². The first kappa shape index (κ1) is 12.4. The third kappa shape index (κ3) is 1.82. The fourth-order valence-electron chi connectivity index (χ4n) is 4.44. The Hall–Kier alpha value is -0.380. The molecular weight excluding hydrogens is 240 g/mol. The quantitative estimate of drug-likeness (QED) is 0.498. The Morgan fingerprint density at radius 1 is 0.947 bits per heavy atom. The highest BCUT2D eigenvalue weighted by Gasteiger charge is 2.57. The van der Waals surface area contributed by atoms with Gasteiger partial charge in [0.25, 0.3) is 0 Å². The van der Waals surface area contributed by atoms with Crippen molar-refractivity contribution in [3.8, 4) is 0 Å². The van der Waals surface area contributed by atoms with E-state index in [4.69, 9.17) is 14.2 Å². The third-order valence-corrected chi connectivity index (χ3v) is 5.63. The molecule has 3 nitrogen and oxygen atoms in total. The van der Waals surface area contributed by atoms with Crippen LogP contribution in [0, 0.1) is 23.7 Å². The summed E-state index contributed by atoms with van der Waals surface area (Å²) in [5.74, 6) is 1.81. The second-order valence-electron chi connectivity index (χ2n) is 7.30. The molecule has 3 heteroatoms. The standard InChI is InChI=1S/C16H24O3/c1-8-10-5-6-12-15(17-12)11(7-10)9(2)14-13(8)18-16(3,4)19-14/h5-6,8-15H,7H2,1-4H3/t8-,9+,10-,11+,12-,13+,14-,15+/m1/s1. The molecule has 106 valence electrons. The van der Waals surface area contributed by atoms with Gasteiger partial charge in [-0.1, -0.05) is 26.0 Å². The minimum absolute atomic E-state index is 0.219. The van der Waals surface area contributed by atoms with Gasteiger partial charge in [0.1, 0.15) is 6.10 Å². The Morgan fingerprint density at radius 2 is 1.63 bits per heavy atom. The van der Waals surface area contributed by atoms with Gasteiger partial charge in [-0.05, 0) is 43.9 Å². The van der Waals surface area contributed by atoms with E-state index in [1.165, 1.54) is 6.42 Å². The molecule has 2 aliphatic carbocycles. The molecule has 0 unspecified atom stereocenters. The molecule has 4 rings (SSSR count). The van der Waals surface area contributed by atoms with Crippen LogP contribution in [0.3, 0.4) is 0 Å². The SMILES string of the molecule is C[C@H]1[C@@H]2C[C@@H](C=C[C@H]3O[C@@H]23)[C@@H](C)[C@@H]2OC(C)(C)O[C@H]12. The fraction of sp³-hybridized carbons (Fsp3) is 0.875. The van der Waals surface area contributed by atoms with Crippen molar-refractivity contribution >= 4 is 0 Å². The van der Waals surface area contributed by atoms with E-state index in [-0.39, 0.29) is 12.2 Å². The van der Waals surface area contributed by atoms with Crippen molar-refractivity contribution in [3.05, 3.63) is 12.2 Å². The van der Waals surface area contributed by atoms with E-state index in [1.807, 2.05) is 13.8 Å². The first-order chi connectivity index (χ1) is 8.96. The predicted octanol–water partition coefficient (Wildman–Crippen LogP) is 2.75. The summed E-state index contributed by atoms with van der Waals surface area (Å²) < 4.78 is 18.3. The summed E-state index contributed by atoms with van der Waals surface area (Å²) in [5.41, 5.74) is 0. The van der Waals surface area contributed by atoms with Crippen LogP contribution in [0.1, 0.15) is 34.1 Å².